The fourth-order valence-corrected chi connectivity index (χ4v) is 3.40. The number of hydrogen-bond acceptors (Lipinski definition) is 12. The second-order valence-electron chi connectivity index (χ2n) is 10.0. The predicted molar refractivity (Wildman–Crippen MR) is 221 cm³/mol. The Morgan fingerprint density at radius 3 is 1.46 bits per heavy atom. The van der Waals surface area contributed by atoms with E-state index in [4.69, 9.17) is 23.1 Å². The van der Waals surface area contributed by atoms with Crippen LogP contribution in [-0.4, -0.2) is 49.2 Å². The number of rotatable bonds is 7. The molecule has 3 aliphatic rings. The highest BCUT2D eigenvalue weighted by molar-refractivity contribution is 14.2. The first kappa shape index (κ1) is 46.9. The van der Waals surface area contributed by atoms with E-state index in [1.807, 2.05) is 4.93 Å². The Labute approximate surface area is 335 Å². The highest BCUT2D eigenvalue weighted by atomic mass is 127. The number of pyridine rings is 3. The maximum atomic E-state index is 11.4. The Hall–Kier alpha value is -3.06. The molecule has 6 rings (SSSR count). The summed E-state index contributed by atoms with van der Waals surface area (Å²) in [6, 6.07) is 4.52. The Balaban J connectivity index is 0.000000630. The van der Waals surface area contributed by atoms with Crippen LogP contribution in [0.15, 0.2) is 55.4 Å². The van der Waals surface area contributed by atoms with Crippen LogP contribution in [0.5, 0.6) is 0 Å². The number of nitrogens with two attached hydrogens (primary N) is 2. The zero-order chi connectivity index (χ0) is 36.9. The third-order valence-electron chi connectivity index (χ3n) is 6.19. The number of nitro groups is 2. The van der Waals surface area contributed by atoms with Crippen LogP contribution >= 0.6 is 79.4 Å². The van der Waals surface area contributed by atoms with Crippen molar-refractivity contribution in [3.63, 3.8) is 0 Å². The minimum absolute atomic E-state index is 0. The molecule has 50 heavy (non-hydrogen) atoms. The molecule has 16 nitrogen and oxygen atoms in total. The first-order valence-electron chi connectivity index (χ1n) is 14.3. The van der Waals surface area contributed by atoms with E-state index in [2.05, 4.69) is 93.4 Å². The largest absolute Gasteiger partial charge is 0.396 e. The monoisotopic (exact) mass is 1050 g/mol. The lowest BCUT2D eigenvalue weighted by Crippen LogP contribution is -2.14. The lowest BCUT2D eigenvalue weighted by molar-refractivity contribution is -0.384. The topological polar surface area (TPSA) is 252 Å². The Morgan fingerprint density at radius 2 is 1.12 bits per heavy atom. The molecule has 3 heterocycles. The number of aromatic nitrogens is 3. The number of anilines is 4. The van der Waals surface area contributed by atoms with Crippen molar-refractivity contribution in [3.05, 3.63) is 75.6 Å². The zero-order valence-corrected chi connectivity index (χ0v) is 33.4. The van der Waals surface area contributed by atoms with Crippen LogP contribution in [0.25, 0.3) is 0 Å². The molecule has 0 aromatic carbocycles. The summed E-state index contributed by atoms with van der Waals surface area (Å²) in [5.41, 5.74) is 12.1. The van der Waals surface area contributed by atoms with Crippen LogP contribution in [0.3, 0.4) is 0 Å². The van der Waals surface area contributed by atoms with Gasteiger partial charge in [-0.25, -0.2) is 0 Å². The molecule has 3 saturated carbocycles. The molecule has 274 valence electrons. The first-order valence-corrected chi connectivity index (χ1v) is 19.9. The van der Waals surface area contributed by atoms with Crippen molar-refractivity contribution in [2.45, 2.75) is 46.0 Å². The fourth-order valence-electron chi connectivity index (χ4n) is 3.18. The van der Waals surface area contributed by atoms with Crippen molar-refractivity contribution in [1.82, 2.24) is 15.0 Å². The van der Waals surface area contributed by atoms with Crippen molar-refractivity contribution in [2.75, 3.05) is 29.5 Å². The summed E-state index contributed by atoms with van der Waals surface area (Å²) in [5.74, 6) is 0.374. The molecule has 3 aromatic heterocycles. The van der Waals surface area contributed by atoms with E-state index in [1.165, 1.54) is 33.2 Å². The van der Waals surface area contributed by atoms with Gasteiger partial charge in [-0.2, -0.15) is 0 Å². The van der Waals surface area contributed by atoms with Crippen molar-refractivity contribution >= 4 is 131 Å². The van der Waals surface area contributed by atoms with Gasteiger partial charge < -0.3 is 22.1 Å². The van der Waals surface area contributed by atoms with Crippen LogP contribution in [0.4, 0.5) is 34.1 Å². The molecular weight excluding hydrogens is 1010 g/mol. The van der Waals surface area contributed by atoms with E-state index in [0.717, 1.165) is 50.9 Å². The standard InChI is InChI=1S/C9H9N3O3.C9H11N3O.C5H5N3O2.C4H5ClO.CH2I2.CH3I.CH4/c13-9(6-1-2-6)11-7-3-4-10-5-8(7)12(14)15;10-7-5-11-4-3-8(7)12-9(13)6-1-2-6;6-4-1-2-7-3-5(4)8(9)10;5-4(6)3-1-2-3;2-1-3;1-2;/h3-6H,1-2H2,(H,10,11,13);3-6H,1-2,10H2,(H,11,12,13);1-3H,(H2,6,7);3H,1-2H2;1H2;1H3;1H4. The number of hydrogen-bond donors (Lipinski definition) is 4. The third-order valence-corrected chi connectivity index (χ3v) is 6.50. The molecule has 2 amide bonds. The number of halogens is 4. The highest BCUT2D eigenvalue weighted by Crippen LogP contribution is 2.32. The van der Waals surface area contributed by atoms with Gasteiger partial charge in [0.05, 0.1) is 29.9 Å². The molecule has 0 atom stereocenters. The number of nitrogen functional groups attached to an aromatic ring is 2. The van der Waals surface area contributed by atoms with Gasteiger partial charge in [-0.1, -0.05) is 75.2 Å². The molecule has 0 saturated heterocycles. The van der Waals surface area contributed by atoms with E-state index in [9.17, 15) is 34.6 Å². The SMILES string of the molecule is C.CI.ICI.Nc1ccncc1[N+](=O)[O-].Nc1cnccc1NC(=O)C1CC1.O=C(Cl)C1CC1.O=C(Nc1ccncc1[N+](=O)[O-])C1CC1. The van der Waals surface area contributed by atoms with E-state index in [0.29, 0.717) is 11.4 Å². The van der Waals surface area contributed by atoms with Gasteiger partial charge in [0.2, 0.25) is 17.1 Å². The molecule has 3 aliphatic carbocycles. The quantitative estimate of drug-likeness (QED) is 0.0587. The Bertz CT molecular complexity index is 1550. The molecule has 0 spiro atoms. The normalized spacial score (nSPS) is 13.2. The summed E-state index contributed by atoms with van der Waals surface area (Å²) < 4.78 is 1.19. The maximum Gasteiger partial charge on any atom is 0.310 e. The van der Waals surface area contributed by atoms with E-state index in [-0.39, 0.29) is 65.0 Å². The van der Waals surface area contributed by atoms with Crippen molar-refractivity contribution < 1.29 is 24.2 Å². The van der Waals surface area contributed by atoms with Gasteiger partial charge in [0.15, 0.2) is 0 Å². The zero-order valence-electron chi connectivity index (χ0n) is 26.1. The van der Waals surface area contributed by atoms with Crippen LogP contribution in [0.2, 0.25) is 0 Å². The molecule has 0 aliphatic heterocycles. The van der Waals surface area contributed by atoms with Gasteiger partial charge in [0.25, 0.3) is 0 Å². The summed E-state index contributed by atoms with van der Waals surface area (Å²) in [6.45, 7) is 0. The number of carbonyl (C=O) groups excluding carboxylic acids is 3. The summed E-state index contributed by atoms with van der Waals surface area (Å²) in [7, 11) is 0. The van der Waals surface area contributed by atoms with Gasteiger partial charge in [-0.05, 0) is 73.3 Å². The molecule has 6 N–H and O–H groups in total. The smallest absolute Gasteiger partial charge is 0.310 e. The molecule has 0 unspecified atom stereocenters. The minimum atomic E-state index is -0.567. The predicted octanol–water partition coefficient (Wildman–Crippen LogP) is 7.59. The third kappa shape index (κ3) is 19.4. The van der Waals surface area contributed by atoms with Gasteiger partial charge in [-0.15, -0.1) is 0 Å². The van der Waals surface area contributed by atoms with E-state index in [1.54, 1.807) is 12.3 Å². The average Bonchev–Trinajstić information content (AvgIpc) is 3.90. The Morgan fingerprint density at radius 1 is 0.740 bits per heavy atom. The fraction of sp³-hybridized carbons (Fsp3) is 0.400. The summed E-state index contributed by atoms with van der Waals surface area (Å²) in [6.07, 6.45) is 14.0. The number of nitrogens with one attached hydrogen (secondary N) is 2. The van der Waals surface area contributed by atoms with Gasteiger partial charge in [0, 0.05) is 36.3 Å². The number of amides is 2. The second kappa shape index (κ2) is 25.8. The number of carbonyl (C=O) groups is 3. The number of nitrogens with zero attached hydrogens (tertiary/aromatic N) is 5. The van der Waals surface area contributed by atoms with Crippen molar-refractivity contribution in [2.24, 2.45) is 17.8 Å². The first-order chi connectivity index (χ1) is 23.4. The van der Waals surface area contributed by atoms with Gasteiger partial charge >= 0.3 is 11.4 Å². The summed E-state index contributed by atoms with van der Waals surface area (Å²) in [5, 5.41) is 25.9. The van der Waals surface area contributed by atoms with Crippen LogP contribution in [0, 0.1) is 38.0 Å². The van der Waals surface area contributed by atoms with E-state index >= 15 is 0 Å². The van der Waals surface area contributed by atoms with E-state index < -0.39 is 9.85 Å². The van der Waals surface area contributed by atoms with Crippen LogP contribution in [0.1, 0.15) is 46.0 Å². The second-order valence-corrected chi connectivity index (χ2v) is 14.8. The molecular formula is C30H39ClI3N9O7. The molecule has 20 heteroatoms. The van der Waals surface area contributed by atoms with Crippen molar-refractivity contribution in [1.29, 1.82) is 0 Å². The molecule has 0 bridgehead atoms. The van der Waals surface area contributed by atoms with Gasteiger partial charge in [0.1, 0.15) is 23.8 Å². The highest BCUT2D eigenvalue weighted by Gasteiger charge is 2.31. The maximum absolute atomic E-state index is 11.4. The van der Waals surface area contributed by atoms with Crippen LogP contribution in [-0.2, 0) is 14.4 Å². The molecule has 0 radical (unpaired) electrons. The summed E-state index contributed by atoms with van der Waals surface area (Å²) in [4.78, 5) is 65.3. The lowest BCUT2D eigenvalue weighted by Gasteiger charge is -2.05. The summed E-state index contributed by atoms with van der Waals surface area (Å²) >= 11 is 11.7. The Kier molecular flexibility index (Phi) is 24.2. The van der Waals surface area contributed by atoms with Gasteiger partial charge in [-0.3, -0.25) is 49.6 Å². The molecule has 3 aromatic rings. The number of alkyl halides is 3. The van der Waals surface area contributed by atoms with Crippen LogP contribution < -0.4 is 22.1 Å². The minimum Gasteiger partial charge on any atom is -0.396 e. The van der Waals surface area contributed by atoms with Crippen molar-refractivity contribution in [3.8, 4) is 0 Å². The average molecular weight is 1050 g/mol. The lowest BCUT2D eigenvalue weighted by atomic mass is 10.3. The molecule has 3 fully saturated rings.